The third-order valence-corrected chi connectivity index (χ3v) is 3.71. The highest BCUT2D eigenvalue weighted by molar-refractivity contribution is 5.89. The van der Waals surface area contributed by atoms with Crippen molar-refractivity contribution in [1.29, 1.82) is 0 Å². The first-order valence-corrected chi connectivity index (χ1v) is 7.28. The molecule has 1 aromatic carbocycles. The van der Waals surface area contributed by atoms with E-state index in [0.29, 0.717) is 31.3 Å². The zero-order valence-corrected chi connectivity index (χ0v) is 12.9. The molecule has 0 saturated carbocycles. The van der Waals surface area contributed by atoms with Gasteiger partial charge in [0.05, 0.1) is 12.2 Å². The van der Waals surface area contributed by atoms with Gasteiger partial charge in [-0.1, -0.05) is 13.8 Å². The van der Waals surface area contributed by atoms with Crippen LogP contribution in [0.4, 0.5) is 4.39 Å². The van der Waals surface area contributed by atoms with Crippen LogP contribution in [0, 0.1) is 5.82 Å². The molecule has 0 aliphatic rings. The average molecular weight is 297 g/mol. The van der Waals surface area contributed by atoms with Crippen molar-refractivity contribution in [3.63, 3.8) is 0 Å². The van der Waals surface area contributed by atoms with Gasteiger partial charge in [-0.05, 0) is 36.6 Å². The molecule has 0 heterocycles. The number of hydrogen-bond donors (Lipinski definition) is 1. The van der Waals surface area contributed by atoms with Crippen LogP contribution in [0.15, 0.2) is 18.2 Å². The van der Waals surface area contributed by atoms with Crippen LogP contribution in [0.25, 0.3) is 0 Å². The smallest absolute Gasteiger partial charge is 0.336 e. The minimum atomic E-state index is -1.03. The topological polar surface area (TPSA) is 49.8 Å². The Bertz CT molecular complexity index is 461. The first-order chi connectivity index (χ1) is 10.0. The van der Waals surface area contributed by atoms with Crippen molar-refractivity contribution in [2.24, 2.45) is 0 Å². The number of benzene rings is 1. The minimum absolute atomic E-state index is 0.157. The van der Waals surface area contributed by atoms with Crippen LogP contribution in [-0.4, -0.2) is 42.3 Å². The quantitative estimate of drug-likeness (QED) is 0.760. The Morgan fingerprint density at radius 3 is 2.57 bits per heavy atom. The lowest BCUT2D eigenvalue weighted by atomic mass is 10.0. The highest BCUT2D eigenvalue weighted by atomic mass is 19.1. The fraction of sp³-hybridized carbons (Fsp3) is 0.562. The Kier molecular flexibility index (Phi) is 7.32. The predicted molar refractivity (Wildman–Crippen MR) is 80.0 cm³/mol. The van der Waals surface area contributed by atoms with Crippen LogP contribution in [0.5, 0.6) is 0 Å². The van der Waals surface area contributed by atoms with Crippen molar-refractivity contribution < 1.29 is 19.0 Å². The van der Waals surface area contributed by atoms with Gasteiger partial charge in [0.25, 0.3) is 0 Å². The molecule has 118 valence electrons. The van der Waals surface area contributed by atoms with E-state index < -0.39 is 11.8 Å². The molecule has 0 amide bonds. The van der Waals surface area contributed by atoms with Crippen LogP contribution >= 0.6 is 0 Å². The van der Waals surface area contributed by atoms with E-state index in [4.69, 9.17) is 4.74 Å². The lowest BCUT2D eigenvalue weighted by molar-refractivity contribution is 0.0691. The number of carboxylic acids is 1. The van der Waals surface area contributed by atoms with Gasteiger partial charge in [-0.15, -0.1) is 0 Å². The summed E-state index contributed by atoms with van der Waals surface area (Å²) < 4.78 is 18.6. The van der Waals surface area contributed by atoms with Crippen LogP contribution < -0.4 is 0 Å². The SMILES string of the molecule is CCC(CC)N(CCOC)Cc1cc(F)ccc1C(=O)O. The Labute approximate surface area is 125 Å². The van der Waals surface area contributed by atoms with E-state index in [1.807, 2.05) is 0 Å². The van der Waals surface area contributed by atoms with E-state index in [2.05, 4.69) is 18.7 Å². The van der Waals surface area contributed by atoms with Crippen molar-refractivity contribution in [2.75, 3.05) is 20.3 Å². The first-order valence-electron chi connectivity index (χ1n) is 7.28. The van der Waals surface area contributed by atoms with E-state index in [1.165, 1.54) is 18.2 Å². The van der Waals surface area contributed by atoms with Crippen molar-refractivity contribution in [1.82, 2.24) is 4.90 Å². The summed E-state index contributed by atoms with van der Waals surface area (Å²) >= 11 is 0. The number of ether oxygens (including phenoxy) is 1. The van der Waals surface area contributed by atoms with Crippen molar-refractivity contribution >= 4 is 5.97 Å². The highest BCUT2D eigenvalue weighted by Crippen LogP contribution is 2.18. The average Bonchev–Trinajstić information content (AvgIpc) is 2.45. The van der Waals surface area contributed by atoms with Gasteiger partial charge in [0, 0.05) is 26.2 Å². The summed E-state index contributed by atoms with van der Waals surface area (Å²) in [6.45, 7) is 5.86. The molecule has 0 aliphatic carbocycles. The number of carboxylic acid groups (broad SMARTS) is 1. The van der Waals surface area contributed by atoms with Gasteiger partial charge < -0.3 is 9.84 Å². The lowest BCUT2D eigenvalue weighted by Crippen LogP contribution is -2.37. The van der Waals surface area contributed by atoms with E-state index in [0.717, 1.165) is 12.8 Å². The van der Waals surface area contributed by atoms with Crippen LogP contribution in [-0.2, 0) is 11.3 Å². The summed E-state index contributed by atoms with van der Waals surface area (Å²) in [6.07, 6.45) is 1.91. The molecule has 21 heavy (non-hydrogen) atoms. The number of rotatable bonds is 9. The van der Waals surface area contributed by atoms with Gasteiger partial charge in [-0.2, -0.15) is 0 Å². The molecule has 0 atom stereocenters. The predicted octanol–water partition coefficient (Wildman–Crippen LogP) is 3.16. The molecule has 0 spiro atoms. The number of aromatic carboxylic acids is 1. The second-order valence-electron chi connectivity index (χ2n) is 5.04. The Morgan fingerprint density at radius 2 is 2.05 bits per heavy atom. The molecule has 0 unspecified atom stereocenters. The second-order valence-corrected chi connectivity index (χ2v) is 5.04. The van der Waals surface area contributed by atoms with Crippen molar-refractivity contribution in [3.05, 3.63) is 35.1 Å². The van der Waals surface area contributed by atoms with Gasteiger partial charge in [-0.25, -0.2) is 9.18 Å². The maximum absolute atomic E-state index is 13.4. The second kappa shape index (κ2) is 8.74. The van der Waals surface area contributed by atoms with Crippen LogP contribution in [0.2, 0.25) is 0 Å². The molecule has 0 aliphatic heterocycles. The maximum Gasteiger partial charge on any atom is 0.336 e. The summed E-state index contributed by atoms with van der Waals surface area (Å²) in [6, 6.07) is 4.15. The molecule has 0 saturated heterocycles. The standard InChI is InChI=1S/C16H24FNO3/c1-4-14(5-2)18(8-9-21-3)11-12-10-13(17)6-7-15(12)16(19)20/h6-7,10,14H,4-5,8-9,11H2,1-3H3,(H,19,20). The molecule has 0 bridgehead atoms. The maximum atomic E-state index is 13.4. The summed E-state index contributed by atoms with van der Waals surface area (Å²) in [4.78, 5) is 13.4. The zero-order valence-electron chi connectivity index (χ0n) is 12.9. The summed E-state index contributed by atoms with van der Waals surface area (Å²) in [5.41, 5.74) is 0.662. The monoisotopic (exact) mass is 297 g/mol. The minimum Gasteiger partial charge on any atom is -0.478 e. The van der Waals surface area contributed by atoms with Crippen molar-refractivity contribution in [2.45, 2.75) is 39.3 Å². The van der Waals surface area contributed by atoms with Gasteiger partial charge in [-0.3, -0.25) is 4.90 Å². The molecule has 1 rings (SSSR count). The van der Waals surface area contributed by atoms with Crippen LogP contribution in [0.1, 0.15) is 42.6 Å². The van der Waals surface area contributed by atoms with E-state index >= 15 is 0 Å². The van der Waals surface area contributed by atoms with Crippen molar-refractivity contribution in [3.8, 4) is 0 Å². The van der Waals surface area contributed by atoms with E-state index in [9.17, 15) is 14.3 Å². The number of carbonyl (C=O) groups is 1. The summed E-state index contributed by atoms with van der Waals surface area (Å²) in [5.74, 6) is -1.44. The fourth-order valence-corrected chi connectivity index (χ4v) is 2.52. The molecule has 0 radical (unpaired) electrons. The third-order valence-electron chi connectivity index (χ3n) is 3.71. The first kappa shape index (κ1) is 17.6. The number of halogens is 1. The number of hydrogen-bond acceptors (Lipinski definition) is 3. The van der Waals surface area contributed by atoms with Gasteiger partial charge in [0.2, 0.25) is 0 Å². The summed E-state index contributed by atoms with van der Waals surface area (Å²) in [5, 5.41) is 9.23. The Morgan fingerprint density at radius 1 is 1.38 bits per heavy atom. The highest BCUT2D eigenvalue weighted by Gasteiger charge is 2.19. The molecule has 0 fully saturated rings. The van der Waals surface area contributed by atoms with Gasteiger partial charge in [0.15, 0.2) is 0 Å². The largest absolute Gasteiger partial charge is 0.478 e. The third kappa shape index (κ3) is 5.10. The molecule has 1 N–H and O–H groups in total. The normalized spacial score (nSPS) is 11.3. The van der Waals surface area contributed by atoms with Gasteiger partial charge in [0.1, 0.15) is 5.82 Å². The zero-order chi connectivity index (χ0) is 15.8. The lowest BCUT2D eigenvalue weighted by Gasteiger charge is -2.30. The van der Waals surface area contributed by atoms with E-state index in [1.54, 1.807) is 7.11 Å². The summed E-state index contributed by atoms with van der Waals surface area (Å²) in [7, 11) is 1.63. The van der Waals surface area contributed by atoms with Gasteiger partial charge >= 0.3 is 5.97 Å². The number of nitrogens with zero attached hydrogens (tertiary/aromatic N) is 1. The fourth-order valence-electron chi connectivity index (χ4n) is 2.52. The molecule has 5 heteroatoms. The Hall–Kier alpha value is -1.46. The Balaban J connectivity index is 3.01. The molecule has 0 aromatic heterocycles. The molecule has 1 aromatic rings. The molecular weight excluding hydrogens is 273 g/mol. The molecule has 4 nitrogen and oxygen atoms in total. The number of methoxy groups -OCH3 is 1. The molecular formula is C16H24FNO3. The van der Waals surface area contributed by atoms with Crippen LogP contribution in [0.3, 0.4) is 0 Å². The van der Waals surface area contributed by atoms with E-state index in [-0.39, 0.29) is 5.56 Å².